The Morgan fingerprint density at radius 3 is 2.69 bits per heavy atom. The molecule has 0 bridgehead atoms. The van der Waals surface area contributed by atoms with Gasteiger partial charge in [0.2, 0.25) is 5.91 Å². The lowest BCUT2D eigenvalue weighted by Crippen LogP contribution is -2.41. The first-order chi connectivity index (χ1) is 14.0. The molecule has 0 radical (unpaired) electrons. The number of hydrogen-bond acceptors (Lipinski definition) is 3. The van der Waals surface area contributed by atoms with Gasteiger partial charge in [-0.05, 0) is 48.9 Å². The summed E-state index contributed by atoms with van der Waals surface area (Å²) in [5.74, 6) is -0.891. The van der Waals surface area contributed by atoms with Crippen molar-refractivity contribution in [2.24, 2.45) is 11.3 Å². The van der Waals surface area contributed by atoms with E-state index in [0.29, 0.717) is 26.1 Å². The summed E-state index contributed by atoms with van der Waals surface area (Å²) in [6.07, 6.45) is 4.81. The molecular weight excluding hydrogens is 393 g/mol. The second-order valence-corrected chi connectivity index (χ2v) is 8.28. The summed E-state index contributed by atoms with van der Waals surface area (Å²) < 4.78 is 14.0. The number of pyridine rings is 1. The summed E-state index contributed by atoms with van der Waals surface area (Å²) in [5.41, 5.74) is 0.868. The number of aromatic nitrogens is 1. The highest BCUT2D eigenvalue weighted by Crippen LogP contribution is 2.59. The van der Waals surface area contributed by atoms with Crippen LogP contribution in [0.25, 0.3) is 0 Å². The lowest BCUT2D eigenvalue weighted by Gasteiger charge is -2.33. The molecule has 2 amide bonds. The fourth-order valence-electron chi connectivity index (χ4n) is 4.27. The number of hydrogen-bond donors (Lipinski definition) is 1. The molecule has 2 heterocycles. The maximum absolute atomic E-state index is 14.0. The lowest BCUT2D eigenvalue weighted by atomic mass is 9.90. The second kappa shape index (κ2) is 8.11. The average Bonchev–Trinajstić information content (AvgIpc) is 3.42. The van der Waals surface area contributed by atoms with E-state index in [0.717, 1.165) is 25.0 Å². The molecule has 1 aliphatic heterocycles. The molecule has 1 saturated carbocycles. The first kappa shape index (κ1) is 19.8. The molecular formula is C22H23ClFN3O2. The molecule has 4 rings (SSSR count). The number of nitrogens with zero attached hydrogens (tertiary/aromatic N) is 2. The maximum Gasteiger partial charge on any atom is 0.258 e. The van der Waals surface area contributed by atoms with Crippen LogP contribution in [-0.2, 0) is 11.2 Å². The van der Waals surface area contributed by atoms with Crippen molar-refractivity contribution >= 4 is 23.4 Å². The Bertz CT molecular complexity index is 893. The van der Waals surface area contributed by atoms with Crippen molar-refractivity contribution in [2.45, 2.75) is 25.7 Å². The molecule has 1 atom stereocenters. The largest absolute Gasteiger partial charge is 0.355 e. The van der Waals surface area contributed by atoms with Crippen LogP contribution in [0.3, 0.4) is 0 Å². The van der Waals surface area contributed by atoms with Crippen LogP contribution in [-0.4, -0.2) is 41.3 Å². The minimum absolute atomic E-state index is 0.000494. The van der Waals surface area contributed by atoms with Crippen LogP contribution in [0.5, 0.6) is 0 Å². The van der Waals surface area contributed by atoms with Crippen molar-refractivity contribution in [3.05, 3.63) is 64.7 Å². The molecule has 1 aromatic heterocycles. The highest BCUT2D eigenvalue weighted by atomic mass is 35.5. The Morgan fingerprint density at radius 1 is 1.21 bits per heavy atom. The van der Waals surface area contributed by atoms with Gasteiger partial charge in [-0.1, -0.05) is 23.7 Å². The smallest absolute Gasteiger partial charge is 0.258 e. The Hall–Kier alpha value is -2.47. The number of halogens is 2. The van der Waals surface area contributed by atoms with Gasteiger partial charge in [0.05, 0.1) is 10.6 Å². The Kier molecular flexibility index (Phi) is 5.54. The predicted octanol–water partition coefficient (Wildman–Crippen LogP) is 3.48. The fraction of sp³-hybridized carbons (Fsp3) is 0.409. The van der Waals surface area contributed by atoms with Gasteiger partial charge in [-0.15, -0.1) is 0 Å². The lowest BCUT2D eigenvalue weighted by molar-refractivity contribution is -0.123. The monoisotopic (exact) mass is 415 g/mol. The number of likely N-dealkylation sites (tertiary alicyclic amines) is 1. The van der Waals surface area contributed by atoms with E-state index in [1.807, 2.05) is 18.2 Å². The van der Waals surface area contributed by atoms with Crippen LogP contribution in [0.1, 0.15) is 35.3 Å². The molecule has 1 aromatic carbocycles. The van der Waals surface area contributed by atoms with E-state index in [9.17, 15) is 14.0 Å². The highest BCUT2D eigenvalue weighted by molar-refractivity contribution is 6.33. The van der Waals surface area contributed by atoms with Crippen LogP contribution in [0.4, 0.5) is 4.39 Å². The zero-order valence-electron chi connectivity index (χ0n) is 16.0. The molecule has 29 heavy (non-hydrogen) atoms. The summed E-state index contributed by atoms with van der Waals surface area (Å²) in [6.45, 7) is 1.60. The molecule has 1 saturated heterocycles. The predicted molar refractivity (Wildman–Crippen MR) is 108 cm³/mol. The van der Waals surface area contributed by atoms with Gasteiger partial charge in [0.25, 0.3) is 5.91 Å². The summed E-state index contributed by atoms with van der Waals surface area (Å²) in [4.78, 5) is 31.1. The number of amides is 2. The topological polar surface area (TPSA) is 62.3 Å². The van der Waals surface area contributed by atoms with E-state index >= 15 is 0 Å². The minimum atomic E-state index is -0.598. The molecule has 2 fully saturated rings. The molecule has 7 heteroatoms. The first-order valence-electron chi connectivity index (χ1n) is 9.91. The third-order valence-electron chi connectivity index (χ3n) is 6.14. The van der Waals surface area contributed by atoms with E-state index < -0.39 is 5.82 Å². The number of nitrogens with one attached hydrogen (secondary N) is 1. The molecule has 1 spiro atoms. The van der Waals surface area contributed by atoms with E-state index in [4.69, 9.17) is 11.6 Å². The second-order valence-electron chi connectivity index (χ2n) is 7.87. The van der Waals surface area contributed by atoms with Gasteiger partial charge in [0.15, 0.2) is 0 Å². The molecule has 1 aliphatic carbocycles. The molecule has 152 valence electrons. The SMILES string of the molecule is O=C(NCCc1ccccn1)C1CC12CCN(C(=O)c1c(F)cccc1Cl)CC2. The summed E-state index contributed by atoms with van der Waals surface area (Å²) >= 11 is 6.02. The number of carbonyl (C=O) groups excluding carboxylic acids is 2. The van der Waals surface area contributed by atoms with Gasteiger partial charge in [-0.25, -0.2) is 4.39 Å². The number of carbonyl (C=O) groups is 2. The summed E-state index contributed by atoms with van der Waals surface area (Å²) in [6, 6.07) is 10.0. The normalized spacial score (nSPS) is 19.8. The molecule has 5 nitrogen and oxygen atoms in total. The highest BCUT2D eigenvalue weighted by Gasteiger charge is 2.58. The number of rotatable bonds is 5. The molecule has 2 aliphatic rings. The molecule has 1 unspecified atom stereocenters. The summed E-state index contributed by atoms with van der Waals surface area (Å²) in [7, 11) is 0. The van der Waals surface area contributed by atoms with Crippen molar-refractivity contribution in [2.75, 3.05) is 19.6 Å². The average molecular weight is 416 g/mol. The Morgan fingerprint density at radius 2 is 2.00 bits per heavy atom. The quantitative estimate of drug-likeness (QED) is 0.813. The van der Waals surface area contributed by atoms with Crippen molar-refractivity contribution in [3.63, 3.8) is 0 Å². The van der Waals surface area contributed by atoms with Gasteiger partial charge in [0, 0.05) is 43.9 Å². The third kappa shape index (κ3) is 4.13. The fourth-order valence-corrected chi connectivity index (χ4v) is 4.51. The number of piperidine rings is 1. The zero-order valence-corrected chi connectivity index (χ0v) is 16.8. The van der Waals surface area contributed by atoms with E-state index in [2.05, 4.69) is 10.3 Å². The maximum atomic E-state index is 14.0. The standard InChI is InChI=1S/C22H23ClFN3O2/c23-17-5-3-6-18(24)19(17)21(29)27-12-8-22(9-13-27)14-16(22)20(28)26-11-7-15-4-1-2-10-25-15/h1-6,10,16H,7-9,11-14H2,(H,26,28). The zero-order chi connectivity index (χ0) is 20.4. The van der Waals surface area contributed by atoms with Gasteiger partial charge in [0.1, 0.15) is 5.82 Å². The van der Waals surface area contributed by atoms with Crippen molar-refractivity contribution < 1.29 is 14.0 Å². The van der Waals surface area contributed by atoms with Crippen LogP contribution in [0, 0.1) is 17.2 Å². The Labute approximate surface area is 174 Å². The van der Waals surface area contributed by atoms with Crippen molar-refractivity contribution in [3.8, 4) is 0 Å². The van der Waals surface area contributed by atoms with Crippen LogP contribution < -0.4 is 5.32 Å². The Balaban J connectivity index is 1.28. The number of benzene rings is 1. The molecule has 2 aromatic rings. The summed E-state index contributed by atoms with van der Waals surface area (Å²) in [5, 5.41) is 3.14. The van der Waals surface area contributed by atoms with E-state index in [1.54, 1.807) is 11.1 Å². The van der Waals surface area contributed by atoms with Gasteiger partial charge < -0.3 is 10.2 Å². The minimum Gasteiger partial charge on any atom is -0.355 e. The molecule has 1 N–H and O–H groups in total. The van der Waals surface area contributed by atoms with Crippen LogP contribution >= 0.6 is 11.6 Å². The van der Waals surface area contributed by atoms with Gasteiger partial charge >= 0.3 is 0 Å². The third-order valence-corrected chi connectivity index (χ3v) is 6.45. The van der Waals surface area contributed by atoms with E-state index in [-0.39, 0.29) is 33.7 Å². The van der Waals surface area contributed by atoms with Crippen LogP contribution in [0.2, 0.25) is 5.02 Å². The van der Waals surface area contributed by atoms with Crippen LogP contribution in [0.15, 0.2) is 42.6 Å². The van der Waals surface area contributed by atoms with Gasteiger partial charge in [-0.3, -0.25) is 14.6 Å². The van der Waals surface area contributed by atoms with Crippen molar-refractivity contribution in [1.82, 2.24) is 15.2 Å². The van der Waals surface area contributed by atoms with Gasteiger partial charge in [-0.2, -0.15) is 0 Å². The van der Waals surface area contributed by atoms with Crippen molar-refractivity contribution in [1.29, 1.82) is 0 Å². The first-order valence-corrected chi connectivity index (χ1v) is 10.3. The van der Waals surface area contributed by atoms with E-state index in [1.165, 1.54) is 18.2 Å².